The van der Waals surface area contributed by atoms with Gasteiger partial charge >= 0.3 is 17.1 Å². The number of carbonyl (C=O) groups is 1. The molecule has 1 heterocycles. The lowest BCUT2D eigenvalue weighted by Gasteiger charge is -2.20. The van der Waals surface area contributed by atoms with Crippen LogP contribution in [0.1, 0.15) is 18.9 Å². The molecule has 2 aromatic carbocycles. The standard InChI is InChI=1S/C20H20N2O4/c1-13(20(25)26)11-17(21-22-18(23)19(22)24)12-14-7-9-16(10-8-14)15-5-3-2-4-6-15/h2-10,13,17,21H,11-12H2,1H3,(H,25,26)/t13-,17+/m1/s1. The van der Waals surface area contributed by atoms with Gasteiger partial charge in [0.15, 0.2) is 0 Å². The molecule has 0 bridgehead atoms. The fourth-order valence-electron chi connectivity index (χ4n) is 2.89. The van der Waals surface area contributed by atoms with Crippen molar-refractivity contribution in [1.29, 1.82) is 0 Å². The first-order chi connectivity index (χ1) is 12.5. The molecule has 0 saturated heterocycles. The third-order valence-electron chi connectivity index (χ3n) is 4.45. The zero-order valence-electron chi connectivity index (χ0n) is 14.4. The number of carboxylic acids is 1. The summed E-state index contributed by atoms with van der Waals surface area (Å²) in [5.74, 6) is -1.49. The second-order valence-corrected chi connectivity index (χ2v) is 6.51. The molecule has 1 aromatic heterocycles. The van der Waals surface area contributed by atoms with Crippen molar-refractivity contribution in [3.05, 3.63) is 80.9 Å². The quantitative estimate of drug-likeness (QED) is 0.606. The average molecular weight is 352 g/mol. The zero-order chi connectivity index (χ0) is 18.7. The Labute approximate surface area is 150 Å². The lowest BCUT2D eigenvalue weighted by molar-refractivity contribution is -0.141. The van der Waals surface area contributed by atoms with Crippen LogP contribution in [0, 0.1) is 5.92 Å². The Kier molecular flexibility index (Phi) is 5.02. The molecule has 0 aliphatic rings. The number of benzene rings is 2. The van der Waals surface area contributed by atoms with E-state index in [1.165, 1.54) is 0 Å². The Hall–Kier alpha value is -3.15. The van der Waals surface area contributed by atoms with Crippen LogP contribution >= 0.6 is 0 Å². The number of nitrogens with one attached hydrogen (secondary N) is 1. The molecule has 0 aliphatic heterocycles. The molecule has 3 rings (SSSR count). The molecule has 0 radical (unpaired) electrons. The van der Waals surface area contributed by atoms with E-state index in [1.807, 2.05) is 54.6 Å². The molecule has 6 nitrogen and oxygen atoms in total. The highest BCUT2D eigenvalue weighted by Gasteiger charge is 2.23. The molecular weight excluding hydrogens is 332 g/mol. The third kappa shape index (κ3) is 4.08. The minimum atomic E-state index is -0.903. The summed E-state index contributed by atoms with van der Waals surface area (Å²) in [7, 11) is 0. The van der Waals surface area contributed by atoms with Gasteiger partial charge in [0.05, 0.1) is 5.92 Å². The fraction of sp³-hybridized carbons (Fsp3) is 0.250. The highest BCUT2D eigenvalue weighted by atomic mass is 16.4. The summed E-state index contributed by atoms with van der Waals surface area (Å²) in [4.78, 5) is 33.6. The van der Waals surface area contributed by atoms with Crippen LogP contribution in [0.25, 0.3) is 11.1 Å². The maximum atomic E-state index is 11.2. The second-order valence-electron chi connectivity index (χ2n) is 6.51. The Morgan fingerprint density at radius 1 is 1.00 bits per heavy atom. The molecule has 26 heavy (non-hydrogen) atoms. The minimum Gasteiger partial charge on any atom is -0.481 e. The molecular formula is C20H20N2O4. The second kappa shape index (κ2) is 7.39. The van der Waals surface area contributed by atoms with Gasteiger partial charge in [-0.15, -0.1) is 0 Å². The Balaban J connectivity index is 1.73. The van der Waals surface area contributed by atoms with E-state index < -0.39 is 23.0 Å². The summed E-state index contributed by atoms with van der Waals surface area (Å²) in [5, 5.41) is 9.14. The largest absolute Gasteiger partial charge is 0.481 e. The molecule has 0 fully saturated rings. The first-order valence-corrected chi connectivity index (χ1v) is 8.47. The molecule has 2 atom stereocenters. The molecule has 0 amide bonds. The molecule has 0 unspecified atom stereocenters. The van der Waals surface area contributed by atoms with Crippen molar-refractivity contribution < 1.29 is 9.90 Å². The van der Waals surface area contributed by atoms with E-state index in [9.17, 15) is 14.4 Å². The number of aliphatic carboxylic acids is 1. The van der Waals surface area contributed by atoms with Crippen molar-refractivity contribution in [3.63, 3.8) is 0 Å². The Morgan fingerprint density at radius 3 is 2.12 bits per heavy atom. The van der Waals surface area contributed by atoms with Gasteiger partial charge in [0, 0.05) is 6.04 Å². The van der Waals surface area contributed by atoms with Gasteiger partial charge in [-0.2, -0.15) is 4.68 Å². The molecule has 6 heteroatoms. The predicted molar refractivity (Wildman–Crippen MR) is 99.5 cm³/mol. The number of rotatable bonds is 8. The van der Waals surface area contributed by atoms with E-state index in [-0.39, 0.29) is 6.04 Å². The van der Waals surface area contributed by atoms with E-state index in [1.54, 1.807) is 6.92 Å². The van der Waals surface area contributed by atoms with Gasteiger partial charge in [0.1, 0.15) is 0 Å². The minimum absolute atomic E-state index is 0.312. The molecule has 0 spiro atoms. The normalized spacial score (nSPS) is 13.4. The van der Waals surface area contributed by atoms with E-state index >= 15 is 0 Å². The van der Waals surface area contributed by atoms with Crippen LogP contribution in [0.15, 0.2) is 64.2 Å². The third-order valence-corrected chi connectivity index (χ3v) is 4.45. The number of hydrogen-bond donors (Lipinski definition) is 2. The lowest BCUT2D eigenvalue weighted by atomic mass is 9.95. The SMILES string of the molecule is C[C@H](C[C@@H](Cc1ccc(-c2ccccc2)cc1)Nn1c(=O)c1=O)C(=O)O. The summed E-state index contributed by atoms with van der Waals surface area (Å²) in [5.41, 5.74) is 4.88. The average Bonchev–Trinajstić information content (AvgIpc) is 3.21. The maximum absolute atomic E-state index is 11.2. The van der Waals surface area contributed by atoms with Gasteiger partial charge in [-0.25, -0.2) is 0 Å². The van der Waals surface area contributed by atoms with Crippen molar-refractivity contribution in [2.24, 2.45) is 5.92 Å². The number of hydrogen-bond acceptors (Lipinski definition) is 4. The van der Waals surface area contributed by atoms with E-state index in [2.05, 4.69) is 5.43 Å². The molecule has 3 aromatic rings. The van der Waals surface area contributed by atoms with E-state index in [0.717, 1.165) is 21.4 Å². The number of carboxylic acid groups (broad SMARTS) is 1. The van der Waals surface area contributed by atoms with Gasteiger partial charge < -0.3 is 10.5 Å². The molecule has 0 saturated carbocycles. The van der Waals surface area contributed by atoms with Crippen LogP contribution < -0.4 is 16.5 Å². The highest BCUT2D eigenvalue weighted by molar-refractivity contribution is 5.69. The van der Waals surface area contributed by atoms with Crippen LogP contribution in [0.4, 0.5) is 0 Å². The summed E-state index contributed by atoms with van der Waals surface area (Å²) < 4.78 is 0.942. The van der Waals surface area contributed by atoms with Gasteiger partial charge in [0.2, 0.25) is 0 Å². The van der Waals surface area contributed by atoms with Crippen LogP contribution in [-0.4, -0.2) is 21.8 Å². The Morgan fingerprint density at radius 2 is 1.58 bits per heavy atom. The summed E-state index contributed by atoms with van der Waals surface area (Å²) >= 11 is 0. The topological polar surface area (TPSA) is 88.4 Å². The van der Waals surface area contributed by atoms with E-state index in [0.29, 0.717) is 12.8 Å². The fourth-order valence-corrected chi connectivity index (χ4v) is 2.89. The highest BCUT2D eigenvalue weighted by Crippen LogP contribution is 2.20. The van der Waals surface area contributed by atoms with Crippen LogP contribution in [0.3, 0.4) is 0 Å². The maximum Gasteiger partial charge on any atom is 0.340 e. The lowest BCUT2D eigenvalue weighted by Crippen LogP contribution is -2.33. The van der Waals surface area contributed by atoms with Gasteiger partial charge in [-0.3, -0.25) is 14.4 Å². The van der Waals surface area contributed by atoms with Crippen molar-refractivity contribution in [1.82, 2.24) is 4.68 Å². The number of aromatic nitrogens is 1. The molecule has 134 valence electrons. The zero-order valence-corrected chi connectivity index (χ0v) is 14.4. The van der Waals surface area contributed by atoms with E-state index in [4.69, 9.17) is 5.11 Å². The van der Waals surface area contributed by atoms with Crippen molar-refractivity contribution in [2.75, 3.05) is 5.43 Å². The first kappa shape index (κ1) is 17.7. The van der Waals surface area contributed by atoms with Crippen molar-refractivity contribution in [2.45, 2.75) is 25.8 Å². The summed E-state index contributed by atoms with van der Waals surface area (Å²) in [6.07, 6.45) is 0.830. The van der Waals surface area contributed by atoms with Crippen molar-refractivity contribution >= 4 is 5.97 Å². The molecule has 0 aliphatic carbocycles. The summed E-state index contributed by atoms with van der Waals surface area (Å²) in [6, 6.07) is 17.7. The van der Waals surface area contributed by atoms with Crippen LogP contribution in [-0.2, 0) is 11.2 Å². The Bertz CT molecular complexity index is 928. The number of nitrogens with zero attached hydrogens (tertiary/aromatic N) is 1. The predicted octanol–water partition coefficient (Wildman–Crippen LogP) is 2.02. The summed E-state index contributed by atoms with van der Waals surface area (Å²) in [6.45, 7) is 1.61. The van der Waals surface area contributed by atoms with Gasteiger partial charge in [0.25, 0.3) is 0 Å². The first-order valence-electron chi connectivity index (χ1n) is 8.47. The van der Waals surface area contributed by atoms with Gasteiger partial charge in [-0.1, -0.05) is 61.5 Å². The van der Waals surface area contributed by atoms with Gasteiger partial charge in [-0.05, 0) is 29.5 Å². The smallest absolute Gasteiger partial charge is 0.340 e. The van der Waals surface area contributed by atoms with Crippen LogP contribution in [0.5, 0.6) is 0 Å². The van der Waals surface area contributed by atoms with Crippen molar-refractivity contribution in [3.8, 4) is 11.1 Å². The molecule has 2 N–H and O–H groups in total. The van der Waals surface area contributed by atoms with Crippen LogP contribution in [0.2, 0.25) is 0 Å². The monoisotopic (exact) mass is 352 g/mol.